The third-order valence-electron chi connectivity index (χ3n) is 3.98. The van der Waals surface area contributed by atoms with Crippen molar-refractivity contribution in [3.63, 3.8) is 0 Å². The molecule has 0 radical (unpaired) electrons. The van der Waals surface area contributed by atoms with E-state index in [0.717, 1.165) is 18.3 Å². The Hall–Kier alpha value is -1.26. The van der Waals surface area contributed by atoms with Crippen LogP contribution in [0.1, 0.15) is 35.2 Å². The summed E-state index contributed by atoms with van der Waals surface area (Å²) in [5.41, 5.74) is 5.11. The van der Waals surface area contributed by atoms with Gasteiger partial charge in [0.2, 0.25) is 0 Å². The highest BCUT2D eigenvalue weighted by Gasteiger charge is 2.22. The van der Waals surface area contributed by atoms with Crippen molar-refractivity contribution in [2.75, 3.05) is 0 Å². The fourth-order valence-electron chi connectivity index (χ4n) is 2.47. The normalized spacial score (nSPS) is 14.7. The van der Waals surface area contributed by atoms with Gasteiger partial charge in [-0.15, -0.1) is 0 Å². The molecule has 3 rings (SSSR count). The molecule has 0 amide bonds. The summed E-state index contributed by atoms with van der Waals surface area (Å²) < 4.78 is 2.02. The summed E-state index contributed by atoms with van der Waals surface area (Å²) in [4.78, 5) is 1.32. The molecule has 2 aromatic rings. The van der Waals surface area contributed by atoms with Crippen LogP contribution in [0.5, 0.6) is 0 Å². The highest BCUT2D eigenvalue weighted by atomic mass is 32.2. The van der Waals surface area contributed by atoms with Gasteiger partial charge >= 0.3 is 0 Å². The molecule has 1 heterocycles. The van der Waals surface area contributed by atoms with Crippen LogP contribution in [0.15, 0.2) is 28.1 Å². The molecule has 1 aromatic heterocycles. The predicted octanol–water partition coefficient (Wildman–Crippen LogP) is 3.75. The summed E-state index contributed by atoms with van der Waals surface area (Å²) in [5.74, 6) is 0. The number of hydrogen-bond donors (Lipinski definition) is 1. The maximum absolute atomic E-state index is 4.61. The monoisotopic (exact) mass is 301 g/mol. The van der Waals surface area contributed by atoms with Crippen molar-refractivity contribution in [1.29, 1.82) is 0 Å². The summed E-state index contributed by atoms with van der Waals surface area (Å²) in [7, 11) is 2.04. The molecule has 1 aromatic carbocycles. The van der Waals surface area contributed by atoms with E-state index in [4.69, 9.17) is 0 Å². The number of benzene rings is 1. The van der Waals surface area contributed by atoms with Gasteiger partial charge in [-0.2, -0.15) is 5.10 Å². The van der Waals surface area contributed by atoms with E-state index in [-0.39, 0.29) is 0 Å². The molecule has 0 unspecified atom stereocenters. The first-order chi connectivity index (χ1) is 10.0. The van der Waals surface area contributed by atoms with Gasteiger partial charge in [-0.1, -0.05) is 23.9 Å². The zero-order chi connectivity index (χ0) is 15.0. The van der Waals surface area contributed by atoms with Crippen LogP contribution in [-0.2, 0) is 13.6 Å². The maximum Gasteiger partial charge on any atom is 0.103 e. The van der Waals surface area contributed by atoms with Gasteiger partial charge in [0.1, 0.15) is 5.03 Å². The van der Waals surface area contributed by atoms with Crippen molar-refractivity contribution in [3.8, 4) is 0 Å². The summed E-state index contributed by atoms with van der Waals surface area (Å²) in [6.07, 6.45) is 2.64. The molecule has 112 valence electrons. The molecular weight excluding hydrogens is 278 g/mol. The smallest absolute Gasteiger partial charge is 0.103 e. The molecule has 0 saturated heterocycles. The fraction of sp³-hybridized carbons (Fsp3) is 0.471. The summed E-state index contributed by atoms with van der Waals surface area (Å²) in [6.45, 7) is 7.36. The molecule has 1 saturated carbocycles. The Labute approximate surface area is 131 Å². The van der Waals surface area contributed by atoms with Crippen LogP contribution < -0.4 is 5.32 Å². The first kappa shape index (κ1) is 14.7. The zero-order valence-corrected chi connectivity index (χ0v) is 14.0. The topological polar surface area (TPSA) is 29.9 Å². The number of nitrogens with zero attached hydrogens (tertiary/aromatic N) is 2. The molecule has 1 aliphatic carbocycles. The lowest BCUT2D eigenvalue weighted by Gasteiger charge is -2.10. The van der Waals surface area contributed by atoms with Crippen molar-refractivity contribution < 1.29 is 0 Å². The highest BCUT2D eigenvalue weighted by molar-refractivity contribution is 7.99. The Bertz CT molecular complexity index is 656. The lowest BCUT2D eigenvalue weighted by atomic mass is 10.2. The second-order valence-electron chi connectivity index (χ2n) is 6.02. The van der Waals surface area contributed by atoms with Crippen molar-refractivity contribution >= 4 is 11.8 Å². The Balaban J connectivity index is 1.87. The molecule has 21 heavy (non-hydrogen) atoms. The van der Waals surface area contributed by atoms with Gasteiger partial charge in [-0.3, -0.25) is 4.68 Å². The van der Waals surface area contributed by atoms with Crippen LogP contribution in [0.25, 0.3) is 0 Å². The van der Waals surface area contributed by atoms with Crippen molar-refractivity contribution in [2.24, 2.45) is 7.05 Å². The van der Waals surface area contributed by atoms with Gasteiger partial charge in [-0.25, -0.2) is 0 Å². The molecule has 0 spiro atoms. The number of nitrogens with one attached hydrogen (secondary N) is 1. The largest absolute Gasteiger partial charge is 0.310 e. The van der Waals surface area contributed by atoms with E-state index in [1.54, 1.807) is 0 Å². The minimum Gasteiger partial charge on any atom is -0.310 e. The molecule has 0 atom stereocenters. The second-order valence-corrected chi connectivity index (χ2v) is 7.05. The van der Waals surface area contributed by atoms with Crippen molar-refractivity contribution in [1.82, 2.24) is 15.1 Å². The van der Waals surface area contributed by atoms with Crippen LogP contribution in [0.2, 0.25) is 0 Å². The van der Waals surface area contributed by atoms with E-state index >= 15 is 0 Å². The predicted molar refractivity (Wildman–Crippen MR) is 87.8 cm³/mol. The lowest BCUT2D eigenvalue weighted by molar-refractivity contribution is 0.658. The van der Waals surface area contributed by atoms with Gasteiger partial charge in [0.15, 0.2) is 0 Å². The van der Waals surface area contributed by atoms with Crippen LogP contribution in [0.4, 0.5) is 0 Å². The second kappa shape index (κ2) is 5.85. The van der Waals surface area contributed by atoms with Crippen LogP contribution in [-0.4, -0.2) is 15.8 Å². The third-order valence-corrected chi connectivity index (χ3v) is 5.35. The van der Waals surface area contributed by atoms with Crippen molar-refractivity contribution in [3.05, 3.63) is 40.6 Å². The van der Waals surface area contributed by atoms with Crippen molar-refractivity contribution in [2.45, 2.75) is 56.1 Å². The van der Waals surface area contributed by atoms with Gasteiger partial charge in [0, 0.05) is 30.1 Å². The average Bonchev–Trinajstić information content (AvgIpc) is 3.21. The van der Waals surface area contributed by atoms with E-state index in [0.29, 0.717) is 0 Å². The van der Waals surface area contributed by atoms with Crippen LogP contribution in [0, 0.1) is 20.8 Å². The number of aryl methyl sites for hydroxylation is 4. The molecular formula is C17H23N3S. The first-order valence-corrected chi connectivity index (χ1v) is 8.37. The Morgan fingerprint density at radius 2 is 2.05 bits per heavy atom. The minimum absolute atomic E-state index is 0.725. The molecule has 3 nitrogen and oxygen atoms in total. The Kier molecular flexibility index (Phi) is 4.09. The quantitative estimate of drug-likeness (QED) is 0.912. The van der Waals surface area contributed by atoms with E-state index in [1.807, 2.05) is 23.5 Å². The number of aromatic nitrogens is 2. The van der Waals surface area contributed by atoms with E-state index in [1.165, 1.54) is 39.5 Å². The molecule has 1 N–H and O–H groups in total. The van der Waals surface area contributed by atoms with E-state index in [9.17, 15) is 0 Å². The first-order valence-electron chi connectivity index (χ1n) is 7.55. The third kappa shape index (κ3) is 3.33. The zero-order valence-electron chi connectivity index (χ0n) is 13.2. The lowest BCUT2D eigenvalue weighted by Crippen LogP contribution is -2.16. The van der Waals surface area contributed by atoms with Gasteiger partial charge in [0.05, 0.1) is 5.69 Å². The van der Waals surface area contributed by atoms with Gasteiger partial charge < -0.3 is 5.32 Å². The Morgan fingerprint density at radius 3 is 2.76 bits per heavy atom. The standard InChI is InChI=1S/C17H23N3S/c1-11-5-6-12(2)16(9-11)21-17-15(10-18-14-7-8-14)13(3)19-20(17)4/h5-6,9,14,18H,7-8,10H2,1-4H3. The molecule has 4 heteroatoms. The van der Waals surface area contributed by atoms with E-state index < -0.39 is 0 Å². The molecule has 0 aliphatic heterocycles. The number of hydrogen-bond acceptors (Lipinski definition) is 3. The fourth-order valence-corrected chi connectivity index (χ4v) is 3.67. The Morgan fingerprint density at radius 1 is 1.29 bits per heavy atom. The van der Waals surface area contributed by atoms with Crippen LogP contribution in [0.3, 0.4) is 0 Å². The summed E-state index contributed by atoms with van der Waals surface area (Å²) >= 11 is 1.83. The molecule has 1 aliphatic rings. The van der Waals surface area contributed by atoms with E-state index in [2.05, 4.69) is 49.4 Å². The van der Waals surface area contributed by atoms with Gasteiger partial charge in [-0.05, 0) is 50.8 Å². The minimum atomic E-state index is 0.725. The average molecular weight is 301 g/mol. The van der Waals surface area contributed by atoms with Gasteiger partial charge in [0.25, 0.3) is 0 Å². The summed E-state index contributed by atoms with van der Waals surface area (Å²) in [5, 5.41) is 9.48. The highest BCUT2D eigenvalue weighted by Crippen LogP contribution is 2.34. The molecule has 1 fully saturated rings. The SMILES string of the molecule is Cc1ccc(C)c(Sc2c(CNC3CC3)c(C)nn2C)c1. The molecule has 0 bridgehead atoms. The number of rotatable bonds is 5. The van der Waals surface area contributed by atoms with Crippen LogP contribution >= 0.6 is 11.8 Å². The summed E-state index contributed by atoms with van der Waals surface area (Å²) in [6, 6.07) is 7.36. The maximum atomic E-state index is 4.61.